The molecule has 1 heterocycles. The molecule has 1 aromatic heterocycles. The average molecular weight is 317 g/mol. The fourth-order valence-electron chi connectivity index (χ4n) is 1.60. The first-order valence-electron chi connectivity index (χ1n) is 6.46. The van der Waals surface area contributed by atoms with Crippen molar-refractivity contribution in [3.63, 3.8) is 0 Å². The number of ether oxygens (including phenoxy) is 1. The summed E-state index contributed by atoms with van der Waals surface area (Å²) >= 11 is 1.32. The molecular formula is C15H15N3O3S. The highest BCUT2D eigenvalue weighted by Crippen LogP contribution is 2.10. The maximum absolute atomic E-state index is 11.6. The molecule has 0 atom stereocenters. The van der Waals surface area contributed by atoms with Gasteiger partial charge in [-0.25, -0.2) is 5.43 Å². The largest absolute Gasteiger partial charge is 0.497 e. The van der Waals surface area contributed by atoms with Gasteiger partial charge in [0.15, 0.2) is 0 Å². The van der Waals surface area contributed by atoms with E-state index in [9.17, 15) is 9.59 Å². The normalized spacial score (nSPS) is 10.4. The number of benzene rings is 1. The Labute approximate surface area is 131 Å². The van der Waals surface area contributed by atoms with Gasteiger partial charge in [0.1, 0.15) is 5.75 Å². The van der Waals surface area contributed by atoms with Crippen LogP contribution in [-0.2, 0) is 4.79 Å². The van der Waals surface area contributed by atoms with Crippen LogP contribution < -0.4 is 15.5 Å². The molecule has 0 fully saturated rings. The summed E-state index contributed by atoms with van der Waals surface area (Å²) in [7, 11) is 1.58. The molecule has 0 aliphatic carbocycles. The standard InChI is InChI=1S/C15H15N3O3S/c1-21-12-5-2-4-11(8-12)9-17-18-14(19)10-16-15(20)13-6-3-7-22-13/h2-9H,10H2,1H3,(H,16,20)(H,18,19)/b17-9-. The fourth-order valence-corrected chi connectivity index (χ4v) is 2.24. The third-order valence-corrected chi connectivity index (χ3v) is 3.52. The molecular weight excluding hydrogens is 302 g/mol. The van der Waals surface area contributed by atoms with Crippen LogP contribution in [0.5, 0.6) is 5.75 Å². The van der Waals surface area contributed by atoms with E-state index in [0.29, 0.717) is 10.6 Å². The smallest absolute Gasteiger partial charge is 0.261 e. The molecule has 0 radical (unpaired) electrons. The molecule has 2 N–H and O–H groups in total. The van der Waals surface area contributed by atoms with Gasteiger partial charge in [-0.05, 0) is 29.1 Å². The molecule has 114 valence electrons. The van der Waals surface area contributed by atoms with Gasteiger partial charge in [0, 0.05) is 0 Å². The lowest BCUT2D eigenvalue weighted by Gasteiger charge is -2.02. The zero-order valence-corrected chi connectivity index (χ0v) is 12.7. The number of hydrogen-bond acceptors (Lipinski definition) is 5. The van der Waals surface area contributed by atoms with Gasteiger partial charge in [-0.2, -0.15) is 5.10 Å². The SMILES string of the molecule is COc1cccc(/C=N\NC(=O)CNC(=O)c2cccs2)c1. The number of thiophene rings is 1. The summed E-state index contributed by atoms with van der Waals surface area (Å²) in [6, 6.07) is 10.7. The van der Waals surface area contributed by atoms with Crippen LogP contribution in [-0.4, -0.2) is 31.7 Å². The van der Waals surface area contributed by atoms with Crippen molar-refractivity contribution < 1.29 is 14.3 Å². The predicted molar refractivity (Wildman–Crippen MR) is 85.4 cm³/mol. The maximum atomic E-state index is 11.6. The number of rotatable bonds is 6. The Hall–Kier alpha value is -2.67. The lowest BCUT2D eigenvalue weighted by atomic mass is 10.2. The number of methoxy groups -OCH3 is 1. The molecule has 22 heavy (non-hydrogen) atoms. The second kappa shape index (κ2) is 7.94. The van der Waals surface area contributed by atoms with Crippen LogP contribution in [0.2, 0.25) is 0 Å². The van der Waals surface area contributed by atoms with Crippen LogP contribution in [0.15, 0.2) is 46.9 Å². The minimum absolute atomic E-state index is 0.133. The molecule has 0 saturated heterocycles. The number of carbonyl (C=O) groups is 2. The first-order valence-corrected chi connectivity index (χ1v) is 7.34. The molecule has 0 spiro atoms. The molecule has 0 unspecified atom stereocenters. The zero-order chi connectivity index (χ0) is 15.8. The zero-order valence-electron chi connectivity index (χ0n) is 11.9. The molecule has 2 rings (SSSR count). The Bertz CT molecular complexity index is 668. The fraction of sp³-hybridized carbons (Fsp3) is 0.133. The molecule has 2 aromatic rings. The van der Waals surface area contributed by atoms with Crippen molar-refractivity contribution in [2.75, 3.05) is 13.7 Å². The number of amides is 2. The van der Waals surface area contributed by atoms with Crippen molar-refractivity contribution in [3.05, 3.63) is 52.2 Å². The highest BCUT2D eigenvalue weighted by atomic mass is 32.1. The minimum atomic E-state index is -0.399. The van der Waals surface area contributed by atoms with Crippen molar-refractivity contribution in [3.8, 4) is 5.75 Å². The summed E-state index contributed by atoms with van der Waals surface area (Å²) in [5.41, 5.74) is 3.14. The van der Waals surface area contributed by atoms with Gasteiger partial charge in [0.2, 0.25) is 0 Å². The lowest BCUT2D eigenvalue weighted by molar-refractivity contribution is -0.120. The Morgan fingerprint density at radius 2 is 2.18 bits per heavy atom. The first kappa shape index (κ1) is 15.7. The van der Waals surface area contributed by atoms with Gasteiger partial charge in [0.25, 0.3) is 11.8 Å². The van der Waals surface area contributed by atoms with Gasteiger partial charge in [-0.15, -0.1) is 11.3 Å². The topological polar surface area (TPSA) is 79.8 Å². The van der Waals surface area contributed by atoms with E-state index in [1.807, 2.05) is 18.2 Å². The van der Waals surface area contributed by atoms with Gasteiger partial charge in [-0.1, -0.05) is 18.2 Å². The summed E-state index contributed by atoms with van der Waals surface area (Å²) < 4.78 is 5.09. The Balaban J connectivity index is 1.77. The second-order valence-corrected chi connectivity index (χ2v) is 5.18. The monoisotopic (exact) mass is 317 g/mol. The van der Waals surface area contributed by atoms with Crippen molar-refractivity contribution in [2.24, 2.45) is 5.10 Å². The maximum Gasteiger partial charge on any atom is 0.261 e. The van der Waals surface area contributed by atoms with Gasteiger partial charge < -0.3 is 10.1 Å². The van der Waals surface area contributed by atoms with Crippen molar-refractivity contribution >= 4 is 29.4 Å². The first-order chi connectivity index (χ1) is 10.7. The summed E-state index contributed by atoms with van der Waals surface area (Å²) in [4.78, 5) is 23.8. The van der Waals surface area contributed by atoms with Crippen LogP contribution in [0, 0.1) is 0 Å². The van der Waals surface area contributed by atoms with Gasteiger partial charge in [-0.3, -0.25) is 9.59 Å². The van der Waals surface area contributed by atoms with E-state index in [1.54, 1.807) is 30.7 Å². The average Bonchev–Trinajstić information content (AvgIpc) is 3.07. The van der Waals surface area contributed by atoms with Crippen LogP contribution in [0.25, 0.3) is 0 Å². The van der Waals surface area contributed by atoms with Crippen molar-refractivity contribution in [1.82, 2.24) is 10.7 Å². The highest BCUT2D eigenvalue weighted by molar-refractivity contribution is 7.12. The molecule has 1 aromatic carbocycles. The third-order valence-electron chi connectivity index (χ3n) is 2.65. The third kappa shape index (κ3) is 4.71. The second-order valence-electron chi connectivity index (χ2n) is 4.23. The molecule has 0 saturated carbocycles. The summed E-state index contributed by atoms with van der Waals surface area (Å²) in [5, 5.41) is 8.15. The van der Waals surface area contributed by atoms with E-state index in [0.717, 1.165) is 5.56 Å². The van der Waals surface area contributed by atoms with Crippen LogP contribution in [0.4, 0.5) is 0 Å². The number of hydrazone groups is 1. The highest BCUT2D eigenvalue weighted by Gasteiger charge is 2.07. The van der Waals surface area contributed by atoms with Crippen LogP contribution in [0.1, 0.15) is 15.2 Å². The minimum Gasteiger partial charge on any atom is -0.497 e. The summed E-state index contributed by atoms with van der Waals surface area (Å²) in [6.07, 6.45) is 1.50. The molecule has 7 heteroatoms. The van der Waals surface area contributed by atoms with Crippen molar-refractivity contribution in [2.45, 2.75) is 0 Å². The molecule has 0 aliphatic heterocycles. The van der Waals surface area contributed by atoms with Crippen LogP contribution >= 0.6 is 11.3 Å². The van der Waals surface area contributed by atoms with E-state index < -0.39 is 5.91 Å². The number of nitrogens with one attached hydrogen (secondary N) is 2. The Morgan fingerprint density at radius 3 is 2.91 bits per heavy atom. The van der Waals surface area contributed by atoms with Gasteiger partial charge >= 0.3 is 0 Å². The van der Waals surface area contributed by atoms with Gasteiger partial charge in [0.05, 0.1) is 24.7 Å². The predicted octanol–water partition coefficient (Wildman–Crippen LogP) is 1.64. The Morgan fingerprint density at radius 1 is 1.32 bits per heavy atom. The summed E-state index contributed by atoms with van der Waals surface area (Å²) in [6.45, 7) is -0.133. The Kier molecular flexibility index (Phi) is 5.67. The summed E-state index contributed by atoms with van der Waals surface area (Å²) in [5.74, 6) is 0.0319. The number of hydrogen-bond donors (Lipinski definition) is 2. The van der Waals surface area contributed by atoms with Crippen molar-refractivity contribution in [1.29, 1.82) is 0 Å². The molecule has 0 aliphatic rings. The van der Waals surface area contributed by atoms with E-state index >= 15 is 0 Å². The van der Waals surface area contributed by atoms with E-state index in [1.165, 1.54) is 17.6 Å². The molecule has 2 amide bonds. The van der Waals surface area contributed by atoms with E-state index in [2.05, 4.69) is 15.8 Å². The van der Waals surface area contributed by atoms with E-state index in [-0.39, 0.29) is 12.5 Å². The number of carbonyl (C=O) groups excluding carboxylic acids is 2. The quantitative estimate of drug-likeness (QED) is 0.628. The van der Waals surface area contributed by atoms with Crippen LogP contribution in [0.3, 0.4) is 0 Å². The molecule has 6 nitrogen and oxygen atoms in total. The lowest BCUT2D eigenvalue weighted by Crippen LogP contribution is -2.34. The number of nitrogens with zero attached hydrogens (tertiary/aromatic N) is 1. The van der Waals surface area contributed by atoms with E-state index in [4.69, 9.17) is 4.74 Å². The molecule has 0 bridgehead atoms.